The summed E-state index contributed by atoms with van der Waals surface area (Å²) in [4.78, 5) is 13.2. The molecule has 6 heteroatoms. The van der Waals surface area contributed by atoms with Gasteiger partial charge in [0.2, 0.25) is 0 Å². The van der Waals surface area contributed by atoms with Crippen LogP contribution in [0.15, 0.2) is 9.85 Å². The maximum atomic E-state index is 5.88. The molecule has 0 amide bonds. The molecular weight excluding hydrogens is 300 g/mol. The van der Waals surface area contributed by atoms with Gasteiger partial charge in [0, 0.05) is 11.1 Å². The highest BCUT2D eigenvalue weighted by Crippen LogP contribution is 2.30. The fraction of sp³-hybridized carbons (Fsp3) is 0.364. The summed E-state index contributed by atoms with van der Waals surface area (Å²) < 4.78 is 0.782. The molecule has 2 rings (SSSR count). The second kappa shape index (κ2) is 4.70. The second-order valence-corrected chi connectivity index (χ2v) is 5.73. The van der Waals surface area contributed by atoms with E-state index in [1.54, 1.807) is 0 Å². The molecule has 0 bridgehead atoms. The minimum atomic E-state index is 0.287. The average Bonchev–Trinajstić information content (AvgIpc) is 2.68. The molecule has 0 fully saturated rings. The van der Waals surface area contributed by atoms with Crippen LogP contribution in [0.25, 0.3) is 10.8 Å². The number of anilines is 1. The lowest BCUT2D eigenvalue weighted by atomic mass is 10.1. The molecular formula is C11H13BrN4S. The number of nitrogens with two attached hydrogens (primary N) is 1. The van der Waals surface area contributed by atoms with Gasteiger partial charge < -0.3 is 5.73 Å². The second-order valence-electron chi connectivity index (χ2n) is 4.08. The molecule has 2 aromatic heterocycles. The zero-order valence-electron chi connectivity index (χ0n) is 9.86. The molecule has 90 valence electrons. The van der Waals surface area contributed by atoms with Crippen molar-refractivity contribution >= 4 is 33.1 Å². The van der Waals surface area contributed by atoms with Crippen LogP contribution < -0.4 is 5.73 Å². The van der Waals surface area contributed by atoms with Crippen LogP contribution in [0, 0.1) is 6.92 Å². The van der Waals surface area contributed by atoms with Gasteiger partial charge in [-0.05, 0) is 28.8 Å². The summed E-state index contributed by atoms with van der Waals surface area (Å²) in [5.41, 5.74) is 7.77. The Kier molecular flexibility index (Phi) is 3.44. The first-order valence-electron chi connectivity index (χ1n) is 5.24. The molecule has 2 N–H and O–H groups in total. The Balaban J connectivity index is 2.56. The van der Waals surface area contributed by atoms with Crippen LogP contribution in [0.5, 0.6) is 0 Å². The Morgan fingerprint density at radius 1 is 1.29 bits per heavy atom. The van der Waals surface area contributed by atoms with Crippen molar-refractivity contribution in [2.24, 2.45) is 0 Å². The molecule has 0 aromatic carbocycles. The number of aromatic nitrogens is 3. The number of nitrogen functional groups attached to an aromatic ring is 1. The van der Waals surface area contributed by atoms with Gasteiger partial charge in [-0.1, -0.05) is 13.8 Å². The number of halogens is 1. The monoisotopic (exact) mass is 312 g/mol. The fourth-order valence-electron chi connectivity index (χ4n) is 1.42. The Labute approximate surface area is 112 Å². The Bertz CT molecular complexity index is 550. The zero-order valence-corrected chi connectivity index (χ0v) is 12.3. The van der Waals surface area contributed by atoms with Crippen LogP contribution in [-0.2, 0) is 0 Å². The van der Waals surface area contributed by atoms with Gasteiger partial charge in [0.25, 0.3) is 0 Å². The highest BCUT2D eigenvalue weighted by atomic mass is 79.9. The standard InChI is InChI=1S/C11H13BrN4S/c1-5(2)8-7(12)9(13)16-10(15-8)11-14-6(3)4-17-11/h4-5H,1-3H3,(H2,13,15,16). The van der Waals surface area contributed by atoms with E-state index in [2.05, 4.69) is 44.7 Å². The van der Waals surface area contributed by atoms with Gasteiger partial charge in [-0.15, -0.1) is 11.3 Å². The van der Waals surface area contributed by atoms with E-state index in [0.29, 0.717) is 11.6 Å². The molecule has 2 heterocycles. The predicted molar refractivity (Wildman–Crippen MR) is 74.1 cm³/mol. The minimum Gasteiger partial charge on any atom is -0.383 e. The Morgan fingerprint density at radius 3 is 2.53 bits per heavy atom. The minimum absolute atomic E-state index is 0.287. The van der Waals surface area contributed by atoms with Gasteiger partial charge in [-0.25, -0.2) is 15.0 Å². The van der Waals surface area contributed by atoms with E-state index in [1.807, 2.05) is 12.3 Å². The number of nitrogens with zero attached hydrogens (tertiary/aromatic N) is 3. The summed E-state index contributed by atoms with van der Waals surface area (Å²) in [6, 6.07) is 0. The highest BCUT2D eigenvalue weighted by molar-refractivity contribution is 9.10. The largest absolute Gasteiger partial charge is 0.383 e. The van der Waals surface area contributed by atoms with Crippen molar-refractivity contribution in [3.63, 3.8) is 0 Å². The van der Waals surface area contributed by atoms with E-state index in [1.165, 1.54) is 11.3 Å². The highest BCUT2D eigenvalue weighted by Gasteiger charge is 2.15. The third-order valence-corrected chi connectivity index (χ3v) is 4.03. The van der Waals surface area contributed by atoms with Crippen molar-refractivity contribution in [1.29, 1.82) is 0 Å². The summed E-state index contributed by atoms with van der Waals surface area (Å²) in [5.74, 6) is 1.36. The molecule has 0 saturated carbocycles. The van der Waals surface area contributed by atoms with Gasteiger partial charge in [-0.3, -0.25) is 0 Å². The number of thiazole rings is 1. The molecule has 4 nitrogen and oxygen atoms in total. The maximum Gasteiger partial charge on any atom is 0.191 e. The van der Waals surface area contributed by atoms with Crippen LogP contribution in [0.2, 0.25) is 0 Å². The lowest BCUT2D eigenvalue weighted by molar-refractivity contribution is 0.810. The number of hydrogen-bond donors (Lipinski definition) is 1. The van der Waals surface area contributed by atoms with E-state index in [0.717, 1.165) is 20.9 Å². The first-order valence-corrected chi connectivity index (χ1v) is 6.91. The first-order chi connectivity index (χ1) is 7.99. The quantitative estimate of drug-likeness (QED) is 0.923. The van der Waals surface area contributed by atoms with Crippen LogP contribution in [0.1, 0.15) is 31.2 Å². The van der Waals surface area contributed by atoms with Crippen LogP contribution in [0.3, 0.4) is 0 Å². The molecule has 2 aromatic rings. The van der Waals surface area contributed by atoms with Crippen molar-refractivity contribution in [2.75, 3.05) is 5.73 Å². The number of aryl methyl sites for hydroxylation is 1. The summed E-state index contributed by atoms with van der Waals surface area (Å²) in [6.07, 6.45) is 0. The Morgan fingerprint density at radius 2 is 2.00 bits per heavy atom. The van der Waals surface area contributed by atoms with Gasteiger partial charge in [0.1, 0.15) is 5.82 Å². The van der Waals surface area contributed by atoms with Gasteiger partial charge in [0.15, 0.2) is 10.8 Å². The van der Waals surface area contributed by atoms with Gasteiger partial charge >= 0.3 is 0 Å². The van der Waals surface area contributed by atoms with E-state index in [-0.39, 0.29) is 5.92 Å². The van der Waals surface area contributed by atoms with E-state index in [9.17, 15) is 0 Å². The zero-order chi connectivity index (χ0) is 12.6. The summed E-state index contributed by atoms with van der Waals surface area (Å²) >= 11 is 4.96. The third-order valence-electron chi connectivity index (χ3n) is 2.26. The summed E-state index contributed by atoms with van der Waals surface area (Å²) in [5, 5.41) is 2.79. The molecule has 0 aliphatic heterocycles. The summed E-state index contributed by atoms with van der Waals surface area (Å²) in [6.45, 7) is 6.10. The van der Waals surface area contributed by atoms with E-state index in [4.69, 9.17) is 5.73 Å². The lowest BCUT2D eigenvalue weighted by Gasteiger charge is -2.10. The molecule has 17 heavy (non-hydrogen) atoms. The molecule has 0 aliphatic rings. The van der Waals surface area contributed by atoms with Crippen LogP contribution >= 0.6 is 27.3 Å². The van der Waals surface area contributed by atoms with Gasteiger partial charge in [-0.2, -0.15) is 0 Å². The fourth-order valence-corrected chi connectivity index (χ4v) is 2.78. The van der Waals surface area contributed by atoms with Crippen molar-refractivity contribution in [3.05, 3.63) is 21.2 Å². The predicted octanol–water partition coefficient (Wildman–Crippen LogP) is 3.38. The van der Waals surface area contributed by atoms with Crippen molar-refractivity contribution in [3.8, 4) is 10.8 Å². The molecule has 0 saturated heterocycles. The van der Waals surface area contributed by atoms with Crippen molar-refractivity contribution < 1.29 is 0 Å². The molecule has 0 radical (unpaired) electrons. The maximum absolute atomic E-state index is 5.88. The van der Waals surface area contributed by atoms with Crippen molar-refractivity contribution in [1.82, 2.24) is 15.0 Å². The number of hydrogen-bond acceptors (Lipinski definition) is 5. The smallest absolute Gasteiger partial charge is 0.191 e. The first kappa shape index (κ1) is 12.4. The molecule has 0 atom stereocenters. The average molecular weight is 313 g/mol. The van der Waals surface area contributed by atoms with E-state index >= 15 is 0 Å². The topological polar surface area (TPSA) is 64.7 Å². The van der Waals surface area contributed by atoms with Crippen molar-refractivity contribution in [2.45, 2.75) is 26.7 Å². The van der Waals surface area contributed by atoms with Crippen LogP contribution in [-0.4, -0.2) is 15.0 Å². The van der Waals surface area contributed by atoms with E-state index < -0.39 is 0 Å². The summed E-state index contributed by atoms with van der Waals surface area (Å²) in [7, 11) is 0. The Hall–Kier alpha value is -1.01. The van der Waals surface area contributed by atoms with Crippen LogP contribution in [0.4, 0.5) is 5.82 Å². The van der Waals surface area contributed by atoms with Gasteiger partial charge in [0.05, 0.1) is 10.2 Å². The number of rotatable bonds is 2. The molecule has 0 unspecified atom stereocenters. The molecule has 0 spiro atoms. The molecule has 0 aliphatic carbocycles. The third kappa shape index (κ3) is 2.47. The lowest BCUT2D eigenvalue weighted by Crippen LogP contribution is -2.04. The normalized spacial score (nSPS) is 11.1. The SMILES string of the molecule is Cc1csc(-c2nc(N)c(Br)c(C(C)C)n2)n1.